The summed E-state index contributed by atoms with van der Waals surface area (Å²) in [5, 5.41) is -0.127. The SMILES string of the molecule is O=S(=O)(O)c1c[c]cc2c(S(=O)(=O)O)c[c]cc12. The topological polar surface area (TPSA) is 109 Å². The van der Waals surface area contributed by atoms with E-state index in [2.05, 4.69) is 12.1 Å². The summed E-state index contributed by atoms with van der Waals surface area (Å²) in [6.45, 7) is 0. The van der Waals surface area contributed by atoms with Gasteiger partial charge in [0.05, 0.1) is 0 Å². The molecule has 0 bridgehead atoms. The van der Waals surface area contributed by atoms with Gasteiger partial charge >= 0.3 is 0 Å². The standard InChI is InChI=1S/C10H6O6S2/c11-17(12,13)9-5-1-3-7-8(9)4-2-6-10(7)18(14,15)16/h3-6H,(H,11,12,13)(H,14,15,16). The quantitative estimate of drug-likeness (QED) is 0.795. The number of hydrogen-bond acceptors (Lipinski definition) is 4. The third kappa shape index (κ3) is 2.23. The van der Waals surface area contributed by atoms with Crippen molar-refractivity contribution in [2.75, 3.05) is 0 Å². The van der Waals surface area contributed by atoms with E-state index in [1.807, 2.05) is 0 Å². The van der Waals surface area contributed by atoms with E-state index in [0.29, 0.717) is 0 Å². The van der Waals surface area contributed by atoms with Gasteiger partial charge in [-0.25, -0.2) is 0 Å². The van der Waals surface area contributed by atoms with Crippen molar-refractivity contribution in [1.82, 2.24) is 0 Å². The Morgan fingerprint density at radius 2 is 1.06 bits per heavy atom. The molecule has 0 heterocycles. The molecule has 2 rings (SSSR count). The van der Waals surface area contributed by atoms with Crippen LogP contribution < -0.4 is 0 Å². The highest BCUT2D eigenvalue weighted by Gasteiger charge is 2.19. The van der Waals surface area contributed by atoms with Crippen LogP contribution in [0.4, 0.5) is 0 Å². The molecule has 0 unspecified atom stereocenters. The van der Waals surface area contributed by atoms with Crippen LogP contribution in [0.15, 0.2) is 34.1 Å². The van der Waals surface area contributed by atoms with Crippen LogP contribution in [0.5, 0.6) is 0 Å². The van der Waals surface area contributed by atoms with Crippen LogP contribution in [0, 0.1) is 12.1 Å². The van der Waals surface area contributed by atoms with Crippen LogP contribution in [0.1, 0.15) is 0 Å². The molecule has 0 saturated carbocycles. The lowest BCUT2D eigenvalue weighted by Gasteiger charge is -2.06. The summed E-state index contributed by atoms with van der Waals surface area (Å²) in [5.74, 6) is 0. The third-order valence-corrected chi connectivity index (χ3v) is 4.05. The smallest absolute Gasteiger partial charge is 0.282 e. The van der Waals surface area contributed by atoms with Crippen molar-refractivity contribution in [2.24, 2.45) is 0 Å². The molecular weight excluding hydrogens is 280 g/mol. The Morgan fingerprint density at radius 1 is 0.722 bits per heavy atom. The molecule has 0 aliphatic rings. The highest BCUT2D eigenvalue weighted by Crippen LogP contribution is 2.27. The van der Waals surface area contributed by atoms with E-state index in [1.54, 1.807) is 0 Å². The Morgan fingerprint density at radius 3 is 1.33 bits per heavy atom. The lowest BCUT2D eigenvalue weighted by molar-refractivity contribution is 0.481. The second-order valence-electron chi connectivity index (χ2n) is 3.42. The number of benzene rings is 2. The van der Waals surface area contributed by atoms with Gasteiger partial charge < -0.3 is 0 Å². The Kier molecular flexibility index (Phi) is 2.90. The molecule has 8 heteroatoms. The van der Waals surface area contributed by atoms with Crippen molar-refractivity contribution >= 4 is 31.0 Å². The van der Waals surface area contributed by atoms with Gasteiger partial charge in [-0.15, -0.1) is 0 Å². The molecular formula is C10H6O6S2. The molecule has 0 fully saturated rings. The van der Waals surface area contributed by atoms with Crippen molar-refractivity contribution in [1.29, 1.82) is 0 Å². The Labute approximate surface area is 103 Å². The van der Waals surface area contributed by atoms with Gasteiger partial charge in [-0.3, -0.25) is 9.11 Å². The summed E-state index contributed by atoms with van der Waals surface area (Å²) in [6.07, 6.45) is 0. The van der Waals surface area contributed by atoms with Gasteiger partial charge in [0.25, 0.3) is 20.2 Å². The average Bonchev–Trinajstić information content (AvgIpc) is 2.24. The largest absolute Gasteiger partial charge is 0.295 e. The van der Waals surface area contributed by atoms with Crippen molar-refractivity contribution in [2.45, 2.75) is 9.79 Å². The van der Waals surface area contributed by atoms with Gasteiger partial charge in [-0.1, -0.05) is 0 Å². The van der Waals surface area contributed by atoms with Crippen LogP contribution in [-0.4, -0.2) is 25.9 Å². The molecule has 2 aromatic carbocycles. The average molecular weight is 286 g/mol. The lowest BCUT2D eigenvalue weighted by Crippen LogP contribution is -2.02. The van der Waals surface area contributed by atoms with Crippen LogP contribution in [-0.2, 0) is 20.2 Å². The number of fused-ring (bicyclic) bond motifs is 1. The van der Waals surface area contributed by atoms with E-state index in [0.717, 1.165) is 12.1 Å². The van der Waals surface area contributed by atoms with E-state index in [1.165, 1.54) is 12.1 Å². The maximum Gasteiger partial charge on any atom is 0.295 e. The van der Waals surface area contributed by atoms with Crippen molar-refractivity contribution in [3.63, 3.8) is 0 Å². The van der Waals surface area contributed by atoms with Gasteiger partial charge in [0.15, 0.2) is 0 Å². The fourth-order valence-electron chi connectivity index (χ4n) is 1.55. The van der Waals surface area contributed by atoms with E-state index >= 15 is 0 Å². The van der Waals surface area contributed by atoms with Gasteiger partial charge in [-0.05, 0) is 36.4 Å². The first kappa shape index (κ1) is 13.0. The minimum Gasteiger partial charge on any atom is -0.282 e. The summed E-state index contributed by atoms with van der Waals surface area (Å²) in [6, 6.07) is 9.18. The second kappa shape index (κ2) is 4.02. The minimum atomic E-state index is -4.52. The molecule has 6 nitrogen and oxygen atoms in total. The summed E-state index contributed by atoms with van der Waals surface area (Å²) in [5.41, 5.74) is 0. The predicted molar refractivity (Wildman–Crippen MR) is 61.2 cm³/mol. The number of hydrogen-bond donors (Lipinski definition) is 2. The molecule has 0 aromatic heterocycles. The van der Waals surface area contributed by atoms with E-state index < -0.39 is 30.0 Å². The Balaban J connectivity index is 3.00. The third-order valence-electron chi connectivity index (χ3n) is 2.26. The minimum absolute atomic E-state index is 0.0635. The number of rotatable bonds is 2. The van der Waals surface area contributed by atoms with Gasteiger partial charge in [0.1, 0.15) is 9.79 Å². The van der Waals surface area contributed by atoms with Crippen LogP contribution in [0.2, 0.25) is 0 Å². The fraction of sp³-hybridized carbons (Fsp3) is 0. The fourth-order valence-corrected chi connectivity index (χ4v) is 2.87. The van der Waals surface area contributed by atoms with Crippen LogP contribution in [0.25, 0.3) is 10.8 Å². The molecule has 2 radical (unpaired) electrons. The monoisotopic (exact) mass is 286 g/mol. The molecule has 0 aliphatic heterocycles. The first-order valence-corrected chi connectivity index (χ1v) is 7.38. The summed E-state index contributed by atoms with van der Waals surface area (Å²) in [4.78, 5) is -0.997. The Bertz CT molecular complexity index is 749. The molecule has 18 heavy (non-hydrogen) atoms. The van der Waals surface area contributed by atoms with Gasteiger partial charge in [0, 0.05) is 10.8 Å². The van der Waals surface area contributed by atoms with E-state index in [4.69, 9.17) is 9.11 Å². The first-order valence-electron chi connectivity index (χ1n) is 4.50. The summed E-state index contributed by atoms with van der Waals surface area (Å²) in [7, 11) is -9.04. The summed E-state index contributed by atoms with van der Waals surface area (Å²) < 4.78 is 62.5. The molecule has 0 amide bonds. The zero-order valence-electron chi connectivity index (χ0n) is 8.65. The summed E-state index contributed by atoms with van der Waals surface area (Å²) >= 11 is 0. The van der Waals surface area contributed by atoms with Crippen LogP contribution >= 0.6 is 0 Å². The second-order valence-corrected chi connectivity index (χ2v) is 6.20. The highest BCUT2D eigenvalue weighted by atomic mass is 32.2. The molecule has 94 valence electrons. The molecule has 0 saturated heterocycles. The zero-order valence-corrected chi connectivity index (χ0v) is 10.3. The maximum absolute atomic E-state index is 11.1. The maximum atomic E-state index is 11.1. The zero-order chi connectivity index (χ0) is 13.6. The molecule has 0 aliphatic carbocycles. The predicted octanol–water partition coefficient (Wildman–Crippen LogP) is 0.934. The van der Waals surface area contributed by atoms with E-state index in [9.17, 15) is 16.8 Å². The lowest BCUT2D eigenvalue weighted by atomic mass is 10.1. The molecule has 2 aromatic rings. The molecule has 0 spiro atoms. The van der Waals surface area contributed by atoms with Gasteiger partial charge in [-0.2, -0.15) is 16.8 Å². The Hall–Kier alpha value is -1.48. The molecule has 0 atom stereocenters. The first-order chi connectivity index (χ1) is 8.21. The van der Waals surface area contributed by atoms with Gasteiger partial charge in [0.2, 0.25) is 0 Å². The van der Waals surface area contributed by atoms with Crippen molar-refractivity contribution < 1.29 is 25.9 Å². The van der Waals surface area contributed by atoms with Crippen molar-refractivity contribution in [3.8, 4) is 0 Å². The van der Waals surface area contributed by atoms with Crippen molar-refractivity contribution in [3.05, 3.63) is 36.4 Å². The van der Waals surface area contributed by atoms with E-state index in [-0.39, 0.29) is 10.8 Å². The van der Waals surface area contributed by atoms with Crippen LogP contribution in [0.3, 0.4) is 0 Å². The molecule has 2 N–H and O–H groups in total. The highest BCUT2D eigenvalue weighted by molar-refractivity contribution is 7.86. The normalized spacial score (nSPS) is 12.8.